The van der Waals surface area contributed by atoms with Crippen molar-refractivity contribution in [3.8, 4) is 5.75 Å². The van der Waals surface area contributed by atoms with E-state index in [-0.39, 0.29) is 11.7 Å². The van der Waals surface area contributed by atoms with Crippen LogP contribution in [0.1, 0.15) is 5.76 Å². The number of furan rings is 1. The molecule has 1 aliphatic rings. The lowest BCUT2D eigenvalue weighted by atomic mass is 10.3. The largest absolute Gasteiger partial charge is 0.506 e. The highest BCUT2D eigenvalue weighted by Gasteiger charge is 2.23. The van der Waals surface area contributed by atoms with Crippen LogP contribution in [0.15, 0.2) is 63.1 Å². The van der Waals surface area contributed by atoms with Crippen LogP contribution in [0.4, 0.5) is 5.69 Å². The Kier molecular flexibility index (Phi) is 4.55. The molecule has 116 valence electrons. The van der Waals surface area contributed by atoms with Gasteiger partial charge in [0.25, 0.3) is 5.91 Å². The number of carbonyl (C=O) groups excluding carboxylic acids is 1. The number of hydrogen-bond acceptors (Lipinski definition) is 5. The Bertz CT molecular complexity index is 826. The zero-order chi connectivity index (χ0) is 16.2. The van der Waals surface area contributed by atoms with Crippen molar-refractivity contribution in [1.29, 1.82) is 0 Å². The SMILES string of the molecule is O=C1NC(=Nc2cc(Cl)ccc2O)S/C1=C/C=C/c1ccco1. The number of carbonyl (C=O) groups is 1. The number of thioether (sulfide) groups is 1. The quantitative estimate of drug-likeness (QED) is 0.821. The fourth-order valence-electron chi connectivity index (χ4n) is 1.81. The standard InChI is InChI=1S/C16H11ClN2O3S/c17-10-6-7-13(20)12(9-10)18-16-19-15(21)14(23-16)5-1-3-11-4-2-8-22-11/h1-9,20H,(H,18,19,21)/b3-1+,14-5+. The van der Waals surface area contributed by atoms with Gasteiger partial charge in [-0.1, -0.05) is 17.7 Å². The minimum atomic E-state index is -0.251. The molecule has 0 atom stereocenters. The summed E-state index contributed by atoms with van der Waals surface area (Å²) in [6.45, 7) is 0. The molecule has 1 aliphatic heterocycles. The third-order valence-corrected chi connectivity index (χ3v) is 4.02. The molecular weight excluding hydrogens is 336 g/mol. The minimum Gasteiger partial charge on any atom is -0.506 e. The normalized spacial score (nSPS) is 18.2. The number of rotatable bonds is 3. The summed E-state index contributed by atoms with van der Waals surface area (Å²) in [5.74, 6) is 0.439. The van der Waals surface area contributed by atoms with Crippen molar-refractivity contribution in [1.82, 2.24) is 5.32 Å². The van der Waals surface area contributed by atoms with Crippen molar-refractivity contribution in [2.24, 2.45) is 4.99 Å². The van der Waals surface area contributed by atoms with Crippen LogP contribution in [0.3, 0.4) is 0 Å². The Morgan fingerprint density at radius 1 is 1.35 bits per heavy atom. The highest BCUT2D eigenvalue weighted by molar-refractivity contribution is 8.18. The monoisotopic (exact) mass is 346 g/mol. The molecule has 0 unspecified atom stereocenters. The first-order chi connectivity index (χ1) is 11.1. The van der Waals surface area contributed by atoms with Gasteiger partial charge in [-0.2, -0.15) is 0 Å². The number of aliphatic imine (C=N–C) groups is 1. The summed E-state index contributed by atoms with van der Waals surface area (Å²) in [5, 5.41) is 13.2. The van der Waals surface area contributed by atoms with Gasteiger partial charge < -0.3 is 14.8 Å². The van der Waals surface area contributed by atoms with Crippen LogP contribution in [0.5, 0.6) is 5.75 Å². The van der Waals surface area contributed by atoms with Crippen LogP contribution in [0, 0.1) is 0 Å². The zero-order valence-electron chi connectivity index (χ0n) is 11.7. The van der Waals surface area contributed by atoms with E-state index in [1.165, 1.54) is 23.9 Å². The fourth-order valence-corrected chi connectivity index (χ4v) is 2.76. The molecular formula is C16H11ClN2O3S. The van der Waals surface area contributed by atoms with Gasteiger partial charge in [-0.15, -0.1) is 0 Å². The Hall–Kier alpha value is -2.44. The number of amidine groups is 1. The maximum Gasteiger partial charge on any atom is 0.264 e. The molecule has 0 aliphatic carbocycles. The minimum absolute atomic E-state index is 0.00751. The molecule has 5 nitrogen and oxygen atoms in total. The number of amides is 1. The molecule has 1 aromatic carbocycles. The fraction of sp³-hybridized carbons (Fsp3) is 0. The van der Waals surface area contributed by atoms with E-state index < -0.39 is 0 Å². The van der Waals surface area contributed by atoms with E-state index in [1.54, 1.807) is 36.6 Å². The van der Waals surface area contributed by atoms with Gasteiger partial charge in [0.2, 0.25) is 0 Å². The molecule has 0 radical (unpaired) electrons. The van der Waals surface area contributed by atoms with E-state index in [0.29, 0.717) is 26.5 Å². The Balaban J connectivity index is 1.76. The van der Waals surface area contributed by atoms with Crippen LogP contribution in [-0.4, -0.2) is 16.2 Å². The molecule has 1 saturated heterocycles. The van der Waals surface area contributed by atoms with Gasteiger partial charge in [0.05, 0.1) is 11.2 Å². The van der Waals surface area contributed by atoms with Crippen molar-refractivity contribution in [3.05, 3.63) is 64.4 Å². The van der Waals surface area contributed by atoms with Gasteiger partial charge in [-0.3, -0.25) is 4.79 Å². The van der Waals surface area contributed by atoms with E-state index in [4.69, 9.17) is 16.0 Å². The number of phenolic OH excluding ortho intramolecular Hbond substituents is 1. The highest BCUT2D eigenvalue weighted by atomic mass is 35.5. The smallest absolute Gasteiger partial charge is 0.264 e. The maximum atomic E-state index is 11.9. The summed E-state index contributed by atoms with van der Waals surface area (Å²) in [6.07, 6.45) is 6.72. The van der Waals surface area contributed by atoms with Crippen molar-refractivity contribution in [2.75, 3.05) is 0 Å². The van der Waals surface area contributed by atoms with Crippen LogP contribution in [-0.2, 0) is 4.79 Å². The number of hydrogen-bond donors (Lipinski definition) is 2. The van der Waals surface area contributed by atoms with Crippen LogP contribution < -0.4 is 5.32 Å². The molecule has 0 spiro atoms. The molecule has 0 bridgehead atoms. The lowest BCUT2D eigenvalue weighted by molar-refractivity contribution is -0.115. The van der Waals surface area contributed by atoms with E-state index in [2.05, 4.69) is 10.3 Å². The van der Waals surface area contributed by atoms with Gasteiger partial charge >= 0.3 is 0 Å². The van der Waals surface area contributed by atoms with E-state index in [0.717, 1.165) is 0 Å². The van der Waals surface area contributed by atoms with Gasteiger partial charge in [0.15, 0.2) is 5.17 Å². The molecule has 7 heteroatoms. The molecule has 23 heavy (non-hydrogen) atoms. The summed E-state index contributed by atoms with van der Waals surface area (Å²) < 4.78 is 5.16. The first kappa shape index (κ1) is 15.5. The average Bonchev–Trinajstić information content (AvgIpc) is 3.14. The second-order valence-corrected chi connectivity index (χ2v) is 5.98. The summed E-state index contributed by atoms with van der Waals surface area (Å²) in [7, 11) is 0. The highest BCUT2D eigenvalue weighted by Crippen LogP contribution is 2.32. The molecule has 1 fully saturated rings. The van der Waals surface area contributed by atoms with Crippen molar-refractivity contribution < 1.29 is 14.3 Å². The lowest BCUT2D eigenvalue weighted by Crippen LogP contribution is -2.19. The molecule has 2 N–H and O–H groups in total. The number of allylic oxidation sites excluding steroid dienone is 2. The third-order valence-electron chi connectivity index (χ3n) is 2.86. The van der Waals surface area contributed by atoms with E-state index >= 15 is 0 Å². The molecule has 3 rings (SSSR count). The Morgan fingerprint density at radius 3 is 3.00 bits per heavy atom. The van der Waals surface area contributed by atoms with Crippen LogP contribution in [0.2, 0.25) is 5.02 Å². The third kappa shape index (κ3) is 3.85. The van der Waals surface area contributed by atoms with Crippen LogP contribution in [0.25, 0.3) is 6.08 Å². The molecule has 2 aromatic rings. The Morgan fingerprint density at radius 2 is 2.22 bits per heavy atom. The van der Waals surface area contributed by atoms with Gasteiger partial charge in [-0.25, -0.2) is 4.99 Å². The first-order valence-electron chi connectivity index (χ1n) is 6.60. The average molecular weight is 347 g/mol. The Labute approximate surface area is 141 Å². The first-order valence-corrected chi connectivity index (χ1v) is 7.79. The summed E-state index contributed by atoms with van der Waals surface area (Å²) >= 11 is 7.05. The number of aromatic hydroxyl groups is 1. The summed E-state index contributed by atoms with van der Waals surface area (Å²) in [5.41, 5.74) is 0.299. The number of phenols is 1. The van der Waals surface area contributed by atoms with Crippen molar-refractivity contribution in [2.45, 2.75) is 0 Å². The van der Waals surface area contributed by atoms with Crippen molar-refractivity contribution in [3.63, 3.8) is 0 Å². The topological polar surface area (TPSA) is 74.8 Å². The summed E-state index contributed by atoms with van der Waals surface area (Å²) in [4.78, 5) is 16.6. The second kappa shape index (κ2) is 6.76. The number of benzene rings is 1. The predicted molar refractivity (Wildman–Crippen MR) is 91.8 cm³/mol. The second-order valence-electron chi connectivity index (χ2n) is 4.51. The number of nitrogens with zero attached hydrogens (tertiary/aromatic N) is 1. The van der Waals surface area contributed by atoms with Gasteiger partial charge in [0, 0.05) is 5.02 Å². The zero-order valence-corrected chi connectivity index (χ0v) is 13.3. The lowest BCUT2D eigenvalue weighted by Gasteiger charge is -2.00. The number of nitrogens with one attached hydrogen (secondary N) is 1. The van der Waals surface area contributed by atoms with E-state index in [9.17, 15) is 9.90 Å². The summed E-state index contributed by atoms with van der Waals surface area (Å²) in [6, 6.07) is 8.13. The molecule has 1 aromatic heterocycles. The van der Waals surface area contributed by atoms with Gasteiger partial charge in [0.1, 0.15) is 17.2 Å². The predicted octanol–water partition coefficient (Wildman–Crippen LogP) is 4.09. The molecule has 2 heterocycles. The molecule has 1 amide bonds. The van der Waals surface area contributed by atoms with Crippen LogP contribution >= 0.6 is 23.4 Å². The van der Waals surface area contributed by atoms with Gasteiger partial charge in [-0.05, 0) is 54.2 Å². The van der Waals surface area contributed by atoms with Crippen molar-refractivity contribution >= 4 is 46.2 Å². The molecule has 0 saturated carbocycles. The van der Waals surface area contributed by atoms with E-state index in [1.807, 2.05) is 6.07 Å². The number of halogens is 1. The maximum absolute atomic E-state index is 11.9.